The number of hydrogen-bond acceptors (Lipinski definition) is 5. The number of nitrogens with zero attached hydrogens (tertiary/aromatic N) is 1. The van der Waals surface area contributed by atoms with Crippen LogP contribution in [0.4, 0.5) is 23.2 Å². The molecule has 0 bridgehead atoms. The Labute approximate surface area is 140 Å². The number of rotatable bonds is 2. The number of ether oxygens (including phenoxy) is 1. The van der Waals surface area contributed by atoms with Crippen LogP contribution in [0.2, 0.25) is 5.02 Å². The van der Waals surface area contributed by atoms with Crippen molar-refractivity contribution in [3.63, 3.8) is 0 Å². The van der Waals surface area contributed by atoms with Crippen LogP contribution in [-0.4, -0.2) is 52.7 Å². The van der Waals surface area contributed by atoms with Gasteiger partial charge in [-0.05, 0) is 6.07 Å². The molecule has 0 fully saturated rings. The van der Waals surface area contributed by atoms with Gasteiger partial charge in [0.1, 0.15) is 0 Å². The van der Waals surface area contributed by atoms with E-state index in [1.165, 1.54) is 13.2 Å². The number of quaternary nitrogens is 1. The Kier molecular flexibility index (Phi) is 7.18. The summed E-state index contributed by atoms with van der Waals surface area (Å²) in [4.78, 5) is 11.3. The third kappa shape index (κ3) is 6.23. The molecule has 0 amide bonds. The first-order valence-corrected chi connectivity index (χ1v) is 7.72. The van der Waals surface area contributed by atoms with Crippen molar-refractivity contribution in [2.75, 3.05) is 28.3 Å². The third-order valence-corrected chi connectivity index (χ3v) is 3.33. The molecule has 0 aromatic heterocycles. The normalized spacial score (nSPS) is 12.2. The second-order valence-electron chi connectivity index (χ2n) is 5.19. The number of benzene rings is 1. The molecular weight excluding hydrogens is 382 g/mol. The first kappa shape index (κ1) is 22.6. The number of methoxy groups -OCH3 is 1. The predicted octanol–water partition coefficient (Wildman–Crippen LogP) is 2.51. The minimum absolute atomic E-state index is 0.0406. The molecule has 0 saturated carbocycles. The lowest BCUT2D eigenvalue weighted by Gasteiger charge is -2.24. The van der Waals surface area contributed by atoms with E-state index in [9.17, 15) is 22.4 Å². The highest BCUT2D eigenvalue weighted by Gasteiger charge is 2.36. The van der Waals surface area contributed by atoms with Gasteiger partial charge in [0.15, 0.2) is 21.6 Å². The van der Waals surface area contributed by atoms with Crippen LogP contribution in [0.15, 0.2) is 12.1 Å². The van der Waals surface area contributed by atoms with Gasteiger partial charge in [-0.1, -0.05) is 11.6 Å². The van der Waals surface area contributed by atoms with Crippen LogP contribution in [0.5, 0.6) is 0 Å². The summed E-state index contributed by atoms with van der Waals surface area (Å²) < 4.78 is 77.4. The number of carbonyl (C=O) groups is 1. The molecule has 138 valence electrons. The van der Waals surface area contributed by atoms with Gasteiger partial charge in [-0.2, -0.15) is 13.2 Å². The van der Waals surface area contributed by atoms with Crippen LogP contribution in [-0.2, 0) is 14.9 Å². The van der Waals surface area contributed by atoms with E-state index in [-0.39, 0.29) is 15.1 Å². The molecule has 0 aliphatic rings. The van der Waals surface area contributed by atoms with Crippen LogP contribution in [0.25, 0.3) is 0 Å². The van der Waals surface area contributed by atoms with Gasteiger partial charge in [0.05, 0.1) is 38.8 Å². The molecule has 0 saturated heterocycles. The molecule has 0 N–H and O–H groups in total. The summed E-state index contributed by atoms with van der Waals surface area (Å²) in [5.74, 6) is -1.12. The van der Waals surface area contributed by atoms with Gasteiger partial charge in [-0.25, -0.2) is 17.6 Å². The van der Waals surface area contributed by atoms with Gasteiger partial charge < -0.3 is 9.29 Å². The fourth-order valence-electron chi connectivity index (χ4n) is 1.32. The lowest BCUT2D eigenvalue weighted by Crippen LogP contribution is -2.35. The zero-order chi connectivity index (χ0) is 19.5. The number of esters is 1. The summed E-state index contributed by atoms with van der Waals surface area (Å²) >= 11 is 5.90. The van der Waals surface area contributed by atoms with E-state index in [4.69, 9.17) is 24.6 Å². The lowest BCUT2D eigenvalue weighted by molar-refractivity contribution is -0.0517. The molecule has 0 aliphatic carbocycles. The minimum atomic E-state index is -6.09. The molecule has 6 nitrogen and oxygen atoms in total. The summed E-state index contributed by atoms with van der Waals surface area (Å²) in [6, 6.07) is 2.55. The number of alkyl halides is 3. The van der Waals surface area contributed by atoms with Gasteiger partial charge >= 0.3 is 11.5 Å². The quantitative estimate of drug-likeness (QED) is 0.252. The third-order valence-electron chi connectivity index (χ3n) is 2.45. The van der Waals surface area contributed by atoms with E-state index < -0.39 is 27.4 Å². The highest BCUT2D eigenvalue weighted by atomic mass is 35.5. The van der Waals surface area contributed by atoms with Gasteiger partial charge in [-0.15, -0.1) is 0 Å². The maximum Gasteiger partial charge on any atom is 0.485 e. The van der Waals surface area contributed by atoms with Crippen molar-refractivity contribution < 1.29 is 40.1 Å². The van der Waals surface area contributed by atoms with Crippen molar-refractivity contribution in [3.05, 3.63) is 28.5 Å². The standard InChI is InChI=1S/C11H14ClFNO2.CHF3O3S/c1-14(2,3)10-6-8(12)7(5-9(10)13)11(15)16-4;2-1(3,4)8(5,6)7/h5-6H,1-4H3;(H,5,6,7)/q+1;/p-1. The molecule has 24 heavy (non-hydrogen) atoms. The second-order valence-corrected chi connectivity index (χ2v) is 6.97. The molecule has 0 unspecified atom stereocenters. The van der Waals surface area contributed by atoms with Crippen molar-refractivity contribution in [2.45, 2.75) is 5.51 Å². The van der Waals surface area contributed by atoms with Crippen LogP contribution in [0.3, 0.4) is 0 Å². The van der Waals surface area contributed by atoms with Crippen molar-refractivity contribution in [3.8, 4) is 0 Å². The van der Waals surface area contributed by atoms with Crippen LogP contribution in [0.1, 0.15) is 10.4 Å². The zero-order valence-electron chi connectivity index (χ0n) is 12.9. The van der Waals surface area contributed by atoms with E-state index in [0.717, 1.165) is 6.07 Å². The van der Waals surface area contributed by atoms with Gasteiger partial charge in [0.25, 0.3) is 0 Å². The predicted molar refractivity (Wildman–Crippen MR) is 78.1 cm³/mol. The lowest BCUT2D eigenvalue weighted by atomic mass is 10.1. The Hall–Kier alpha value is -1.43. The fraction of sp³-hybridized carbons (Fsp3) is 0.417. The molecule has 0 heterocycles. The molecule has 12 heteroatoms. The van der Waals surface area contributed by atoms with Crippen LogP contribution >= 0.6 is 11.6 Å². The van der Waals surface area contributed by atoms with Crippen molar-refractivity contribution in [1.82, 2.24) is 4.48 Å². The molecule has 0 spiro atoms. The monoisotopic (exact) mass is 395 g/mol. The Morgan fingerprint density at radius 3 is 1.96 bits per heavy atom. The number of halogens is 5. The molecule has 0 atom stereocenters. The minimum Gasteiger partial charge on any atom is -0.741 e. The SMILES string of the molecule is COC(=O)c1cc(F)c([N+](C)(C)C)cc1Cl.O=S(=O)([O-])C(F)(F)F. The summed E-state index contributed by atoms with van der Waals surface area (Å²) in [7, 11) is 0.572. The van der Waals surface area contributed by atoms with E-state index in [1.54, 1.807) is 0 Å². The molecule has 0 radical (unpaired) electrons. The van der Waals surface area contributed by atoms with E-state index in [0.29, 0.717) is 5.69 Å². The van der Waals surface area contributed by atoms with Gasteiger partial charge in [0.2, 0.25) is 0 Å². The number of hydrogen-bond donors (Lipinski definition) is 0. The zero-order valence-corrected chi connectivity index (χ0v) is 14.5. The van der Waals surface area contributed by atoms with Crippen LogP contribution < -0.4 is 4.48 Å². The first-order chi connectivity index (χ1) is 10.5. The number of carbonyl (C=O) groups excluding carboxylic acids is 1. The topological polar surface area (TPSA) is 83.5 Å². The Morgan fingerprint density at radius 2 is 1.67 bits per heavy atom. The Balaban J connectivity index is 0.000000561. The van der Waals surface area contributed by atoms with Crippen molar-refractivity contribution >= 4 is 33.4 Å². The van der Waals surface area contributed by atoms with Gasteiger partial charge in [0, 0.05) is 6.07 Å². The van der Waals surface area contributed by atoms with E-state index >= 15 is 0 Å². The highest BCUT2D eigenvalue weighted by Crippen LogP contribution is 2.29. The van der Waals surface area contributed by atoms with Crippen LogP contribution in [0, 0.1) is 5.82 Å². The Morgan fingerprint density at radius 1 is 1.25 bits per heavy atom. The smallest absolute Gasteiger partial charge is 0.485 e. The molecule has 1 aromatic carbocycles. The second kappa shape index (κ2) is 7.64. The largest absolute Gasteiger partial charge is 0.741 e. The maximum atomic E-state index is 13.7. The summed E-state index contributed by atoms with van der Waals surface area (Å²) in [5, 5.41) is 0.191. The highest BCUT2D eigenvalue weighted by molar-refractivity contribution is 7.86. The average molecular weight is 396 g/mol. The van der Waals surface area contributed by atoms with Crippen molar-refractivity contribution in [2.24, 2.45) is 0 Å². The Bertz CT molecular complexity index is 713. The summed E-state index contributed by atoms with van der Waals surface area (Å²) in [5.41, 5.74) is -5.19. The molecule has 1 aromatic rings. The average Bonchev–Trinajstić information content (AvgIpc) is 2.37. The molecule has 0 aliphatic heterocycles. The van der Waals surface area contributed by atoms with E-state index in [2.05, 4.69) is 4.74 Å². The molecular formula is C12H14ClF4NO5S. The summed E-state index contributed by atoms with van der Waals surface area (Å²) in [6.07, 6.45) is 0. The summed E-state index contributed by atoms with van der Waals surface area (Å²) in [6.45, 7) is 0. The van der Waals surface area contributed by atoms with Crippen molar-refractivity contribution in [1.29, 1.82) is 0 Å². The molecule has 1 rings (SSSR count). The first-order valence-electron chi connectivity index (χ1n) is 5.94. The van der Waals surface area contributed by atoms with E-state index in [1.807, 2.05) is 21.1 Å². The van der Waals surface area contributed by atoms with Gasteiger partial charge in [-0.3, -0.25) is 4.48 Å². The fourth-order valence-corrected chi connectivity index (χ4v) is 1.55. The maximum absolute atomic E-state index is 13.7.